The van der Waals surface area contributed by atoms with Crippen LogP contribution in [0.25, 0.3) is 0 Å². The maximum Gasteiger partial charge on any atom is 0.324 e. The summed E-state index contributed by atoms with van der Waals surface area (Å²) in [5, 5.41) is 20.1. The van der Waals surface area contributed by atoms with Crippen molar-refractivity contribution in [3.05, 3.63) is 65.7 Å². The second-order valence-corrected chi connectivity index (χ2v) is 9.74. The van der Waals surface area contributed by atoms with Gasteiger partial charge in [0.15, 0.2) is 0 Å². The molecule has 2 aliphatic rings. The molecule has 0 unspecified atom stereocenters. The molecule has 4 rings (SSSR count). The van der Waals surface area contributed by atoms with Crippen LogP contribution in [-0.2, 0) is 5.54 Å². The van der Waals surface area contributed by atoms with E-state index in [0.717, 1.165) is 44.2 Å². The van der Waals surface area contributed by atoms with Gasteiger partial charge in [0.1, 0.15) is 0 Å². The fourth-order valence-electron chi connectivity index (χ4n) is 5.28. The lowest BCUT2D eigenvalue weighted by atomic mass is 9.79. The van der Waals surface area contributed by atoms with Crippen LogP contribution in [-0.4, -0.2) is 60.3 Å². The van der Waals surface area contributed by atoms with Crippen molar-refractivity contribution in [1.82, 2.24) is 9.80 Å². The van der Waals surface area contributed by atoms with E-state index in [0.29, 0.717) is 25.2 Å². The molecule has 1 aliphatic carbocycles. The lowest BCUT2D eigenvalue weighted by molar-refractivity contribution is -0.0522. The molecule has 2 amide bonds. The summed E-state index contributed by atoms with van der Waals surface area (Å²) in [6, 6.07) is 19.9. The van der Waals surface area contributed by atoms with Gasteiger partial charge >= 0.3 is 6.03 Å². The molecule has 1 heterocycles. The van der Waals surface area contributed by atoms with E-state index in [1.807, 2.05) is 28.0 Å². The maximum atomic E-state index is 13.8. The number of benzene rings is 2. The SMILES string of the molecule is CN(C)[C@@]1(c2ccccc2)CCCN(c2ccc(C#N)cc2)C(=O)N(CC2(O)CCC2)CC1. The van der Waals surface area contributed by atoms with Crippen molar-refractivity contribution in [2.45, 2.75) is 49.7 Å². The average molecular weight is 447 g/mol. The van der Waals surface area contributed by atoms with E-state index in [1.54, 1.807) is 12.1 Å². The summed E-state index contributed by atoms with van der Waals surface area (Å²) in [5.41, 5.74) is 1.65. The molecule has 2 fully saturated rings. The molecular formula is C27H34N4O2. The van der Waals surface area contributed by atoms with Crippen LogP contribution in [0.4, 0.5) is 10.5 Å². The first-order chi connectivity index (χ1) is 15.9. The Bertz CT molecular complexity index is 995. The van der Waals surface area contributed by atoms with E-state index in [4.69, 9.17) is 5.26 Å². The Morgan fingerprint density at radius 3 is 2.24 bits per heavy atom. The number of β-amino-alcohol motifs (C(OH)–C–C–N with tert-alkyl or cyclic N) is 1. The summed E-state index contributed by atoms with van der Waals surface area (Å²) in [6.07, 6.45) is 5.05. The number of hydrogen-bond acceptors (Lipinski definition) is 4. The zero-order valence-electron chi connectivity index (χ0n) is 19.7. The van der Waals surface area contributed by atoms with Crippen molar-refractivity contribution < 1.29 is 9.90 Å². The number of anilines is 1. The molecule has 0 bridgehead atoms. The first kappa shape index (κ1) is 23.3. The first-order valence-electron chi connectivity index (χ1n) is 11.9. The quantitative estimate of drug-likeness (QED) is 0.742. The first-order valence-corrected chi connectivity index (χ1v) is 11.9. The summed E-state index contributed by atoms with van der Waals surface area (Å²) in [5.74, 6) is 0. The minimum absolute atomic E-state index is 0.0670. The van der Waals surface area contributed by atoms with E-state index < -0.39 is 5.60 Å². The number of amides is 2. The topological polar surface area (TPSA) is 70.8 Å². The van der Waals surface area contributed by atoms with Crippen molar-refractivity contribution in [3.8, 4) is 6.07 Å². The van der Waals surface area contributed by atoms with Gasteiger partial charge in [-0.1, -0.05) is 30.3 Å². The molecule has 0 aromatic heterocycles. The summed E-state index contributed by atoms with van der Waals surface area (Å²) in [6.45, 7) is 1.51. The summed E-state index contributed by atoms with van der Waals surface area (Å²) < 4.78 is 0. The summed E-state index contributed by atoms with van der Waals surface area (Å²) in [4.78, 5) is 19.8. The monoisotopic (exact) mass is 446 g/mol. The molecule has 1 atom stereocenters. The van der Waals surface area contributed by atoms with Crippen LogP contribution in [0.5, 0.6) is 0 Å². The number of hydrogen-bond donors (Lipinski definition) is 1. The normalized spacial score (nSPS) is 23.3. The molecular weight excluding hydrogens is 412 g/mol. The van der Waals surface area contributed by atoms with Crippen molar-refractivity contribution in [3.63, 3.8) is 0 Å². The van der Waals surface area contributed by atoms with E-state index in [2.05, 4.69) is 49.3 Å². The van der Waals surface area contributed by atoms with Crippen molar-refractivity contribution in [2.24, 2.45) is 0 Å². The Labute approximate surface area is 197 Å². The molecule has 33 heavy (non-hydrogen) atoms. The molecule has 0 radical (unpaired) electrons. The number of rotatable bonds is 5. The highest BCUT2D eigenvalue weighted by molar-refractivity contribution is 5.92. The second kappa shape index (κ2) is 9.54. The van der Waals surface area contributed by atoms with E-state index in [-0.39, 0.29) is 11.6 Å². The fourth-order valence-corrected chi connectivity index (χ4v) is 5.28. The summed E-state index contributed by atoms with van der Waals surface area (Å²) >= 11 is 0. The molecule has 1 saturated heterocycles. The third-order valence-corrected chi connectivity index (χ3v) is 7.51. The highest BCUT2D eigenvalue weighted by Gasteiger charge is 2.41. The van der Waals surface area contributed by atoms with Gasteiger partial charge in [-0.2, -0.15) is 5.26 Å². The molecule has 6 heteroatoms. The van der Waals surface area contributed by atoms with Crippen LogP contribution in [0.3, 0.4) is 0 Å². The zero-order valence-corrected chi connectivity index (χ0v) is 19.7. The van der Waals surface area contributed by atoms with Crippen LogP contribution in [0.15, 0.2) is 54.6 Å². The average Bonchev–Trinajstić information content (AvgIpc) is 2.88. The highest BCUT2D eigenvalue weighted by atomic mass is 16.3. The number of carbonyl (C=O) groups is 1. The molecule has 1 N–H and O–H groups in total. The molecule has 2 aromatic carbocycles. The predicted octanol–water partition coefficient (Wildman–Crippen LogP) is 4.34. The lowest BCUT2D eigenvalue weighted by Gasteiger charge is -2.44. The number of carbonyl (C=O) groups excluding carboxylic acids is 1. The third kappa shape index (κ3) is 4.75. The molecule has 2 aromatic rings. The lowest BCUT2D eigenvalue weighted by Crippen LogP contribution is -2.54. The second-order valence-electron chi connectivity index (χ2n) is 9.74. The van der Waals surface area contributed by atoms with Gasteiger partial charge < -0.3 is 10.0 Å². The molecule has 6 nitrogen and oxygen atoms in total. The maximum absolute atomic E-state index is 13.8. The van der Waals surface area contributed by atoms with Crippen LogP contribution >= 0.6 is 0 Å². The van der Waals surface area contributed by atoms with Gasteiger partial charge in [-0.05, 0) is 82.4 Å². The Balaban J connectivity index is 1.69. The standard InChI is InChI=1S/C27H34N4O2/c1-29(2)27(23-8-4-3-5-9-23)16-7-18-31(24-12-10-22(20-28)11-13-24)25(32)30(19-17-27)21-26(33)14-6-15-26/h3-5,8-13,33H,6-7,14-19,21H2,1-2H3/t27-/m0/s1. The number of aliphatic hydroxyl groups is 1. The number of urea groups is 1. The largest absolute Gasteiger partial charge is 0.388 e. The minimum Gasteiger partial charge on any atom is -0.388 e. The van der Waals surface area contributed by atoms with Crippen LogP contribution in [0.1, 0.15) is 49.7 Å². The Morgan fingerprint density at radius 2 is 1.67 bits per heavy atom. The Morgan fingerprint density at radius 1 is 0.970 bits per heavy atom. The van der Waals surface area contributed by atoms with Crippen LogP contribution in [0.2, 0.25) is 0 Å². The molecule has 1 saturated carbocycles. The van der Waals surface area contributed by atoms with Crippen molar-refractivity contribution in [1.29, 1.82) is 5.26 Å². The van der Waals surface area contributed by atoms with Crippen molar-refractivity contribution in [2.75, 3.05) is 38.6 Å². The van der Waals surface area contributed by atoms with E-state index in [1.165, 1.54) is 5.56 Å². The van der Waals surface area contributed by atoms with Crippen molar-refractivity contribution >= 4 is 11.7 Å². The van der Waals surface area contributed by atoms with Gasteiger partial charge in [-0.3, -0.25) is 9.80 Å². The molecule has 1 aliphatic heterocycles. The number of nitrogens with zero attached hydrogens (tertiary/aromatic N) is 4. The molecule has 0 spiro atoms. The minimum atomic E-state index is -0.784. The molecule has 174 valence electrons. The van der Waals surface area contributed by atoms with E-state index >= 15 is 0 Å². The van der Waals surface area contributed by atoms with Crippen LogP contribution < -0.4 is 4.90 Å². The van der Waals surface area contributed by atoms with Gasteiger partial charge in [-0.25, -0.2) is 4.79 Å². The van der Waals surface area contributed by atoms with Gasteiger partial charge in [0.25, 0.3) is 0 Å². The van der Waals surface area contributed by atoms with Gasteiger partial charge in [-0.15, -0.1) is 0 Å². The summed E-state index contributed by atoms with van der Waals surface area (Å²) in [7, 11) is 4.24. The van der Waals surface area contributed by atoms with Gasteiger partial charge in [0.2, 0.25) is 0 Å². The fraction of sp³-hybridized carbons (Fsp3) is 0.481. The van der Waals surface area contributed by atoms with Crippen LogP contribution in [0, 0.1) is 11.3 Å². The zero-order chi connectivity index (χ0) is 23.5. The van der Waals surface area contributed by atoms with E-state index in [9.17, 15) is 9.90 Å². The predicted molar refractivity (Wildman–Crippen MR) is 130 cm³/mol. The smallest absolute Gasteiger partial charge is 0.324 e. The Hall–Kier alpha value is -2.88. The van der Waals surface area contributed by atoms with Gasteiger partial charge in [0, 0.05) is 24.3 Å². The number of nitriles is 1. The Kier molecular flexibility index (Phi) is 6.73. The third-order valence-electron chi connectivity index (χ3n) is 7.51. The highest BCUT2D eigenvalue weighted by Crippen LogP contribution is 2.38. The van der Waals surface area contributed by atoms with Gasteiger partial charge in [0.05, 0.1) is 23.8 Å².